The SMILES string of the molecule is CSc1ccc(C(=O)N2CCCC2Cc2ccccc2)cc1. The topological polar surface area (TPSA) is 20.3 Å². The van der Waals surface area contributed by atoms with Crippen molar-refractivity contribution in [3.8, 4) is 0 Å². The molecule has 1 heterocycles. The number of amides is 1. The molecule has 0 spiro atoms. The van der Waals surface area contributed by atoms with Crippen molar-refractivity contribution in [3.63, 3.8) is 0 Å². The van der Waals surface area contributed by atoms with Crippen LogP contribution in [0.5, 0.6) is 0 Å². The van der Waals surface area contributed by atoms with Crippen LogP contribution in [0.1, 0.15) is 28.8 Å². The van der Waals surface area contributed by atoms with E-state index in [2.05, 4.69) is 29.2 Å². The molecular weight excluding hydrogens is 290 g/mol. The highest BCUT2D eigenvalue weighted by molar-refractivity contribution is 7.98. The van der Waals surface area contributed by atoms with E-state index in [1.807, 2.05) is 36.6 Å². The highest BCUT2D eigenvalue weighted by Crippen LogP contribution is 2.24. The first-order valence-electron chi connectivity index (χ1n) is 7.77. The molecule has 1 unspecified atom stereocenters. The van der Waals surface area contributed by atoms with Gasteiger partial charge in [0.25, 0.3) is 5.91 Å². The second-order valence-electron chi connectivity index (χ2n) is 5.71. The van der Waals surface area contributed by atoms with E-state index < -0.39 is 0 Å². The van der Waals surface area contributed by atoms with Gasteiger partial charge in [-0.15, -0.1) is 11.8 Å². The zero-order chi connectivity index (χ0) is 15.4. The minimum absolute atomic E-state index is 0.172. The van der Waals surface area contributed by atoms with Crippen molar-refractivity contribution in [2.24, 2.45) is 0 Å². The number of rotatable bonds is 4. The molecule has 1 fully saturated rings. The van der Waals surface area contributed by atoms with E-state index in [0.717, 1.165) is 31.4 Å². The first-order valence-corrected chi connectivity index (χ1v) is 8.99. The Morgan fingerprint density at radius 3 is 2.55 bits per heavy atom. The van der Waals surface area contributed by atoms with Gasteiger partial charge in [-0.05, 0) is 55.3 Å². The predicted octanol–water partition coefficient (Wildman–Crippen LogP) is 4.26. The third kappa shape index (κ3) is 3.36. The second kappa shape index (κ2) is 7.01. The molecule has 1 aliphatic heterocycles. The molecule has 0 aromatic heterocycles. The van der Waals surface area contributed by atoms with Crippen molar-refractivity contribution in [1.29, 1.82) is 0 Å². The fraction of sp³-hybridized carbons (Fsp3) is 0.316. The summed E-state index contributed by atoms with van der Waals surface area (Å²) < 4.78 is 0. The lowest BCUT2D eigenvalue weighted by atomic mass is 10.0. The standard InChI is InChI=1S/C19H21NOS/c1-22-18-11-9-16(10-12-18)19(21)20-13-5-8-17(20)14-15-6-3-2-4-7-15/h2-4,6-7,9-12,17H,5,8,13-14H2,1H3. The maximum atomic E-state index is 12.8. The van der Waals surface area contributed by atoms with Crippen LogP contribution in [0.15, 0.2) is 59.5 Å². The summed E-state index contributed by atoms with van der Waals surface area (Å²) in [6, 6.07) is 18.7. The molecular formula is C19H21NOS. The molecule has 2 nitrogen and oxygen atoms in total. The van der Waals surface area contributed by atoms with Gasteiger partial charge in [-0.3, -0.25) is 4.79 Å². The molecule has 2 aromatic rings. The molecule has 0 aliphatic carbocycles. The van der Waals surface area contributed by atoms with Gasteiger partial charge in [-0.2, -0.15) is 0 Å². The Labute approximate surface area is 136 Å². The van der Waals surface area contributed by atoms with Crippen LogP contribution < -0.4 is 0 Å². The first kappa shape index (κ1) is 15.2. The van der Waals surface area contributed by atoms with Crippen LogP contribution in [0, 0.1) is 0 Å². The highest BCUT2D eigenvalue weighted by Gasteiger charge is 2.29. The Kier molecular flexibility index (Phi) is 4.84. The van der Waals surface area contributed by atoms with Gasteiger partial charge < -0.3 is 4.90 Å². The summed E-state index contributed by atoms with van der Waals surface area (Å²) in [6.07, 6.45) is 5.21. The van der Waals surface area contributed by atoms with Gasteiger partial charge in [0, 0.05) is 23.0 Å². The fourth-order valence-electron chi connectivity index (χ4n) is 3.10. The van der Waals surface area contributed by atoms with E-state index in [0.29, 0.717) is 6.04 Å². The Morgan fingerprint density at radius 1 is 1.14 bits per heavy atom. The largest absolute Gasteiger partial charge is 0.335 e. The summed E-state index contributed by atoms with van der Waals surface area (Å²) in [5, 5.41) is 0. The molecule has 1 atom stereocenters. The number of benzene rings is 2. The summed E-state index contributed by atoms with van der Waals surface area (Å²) in [5.41, 5.74) is 2.11. The first-order chi connectivity index (χ1) is 10.8. The molecule has 22 heavy (non-hydrogen) atoms. The zero-order valence-corrected chi connectivity index (χ0v) is 13.7. The molecule has 0 N–H and O–H groups in total. The number of carbonyl (C=O) groups is 1. The van der Waals surface area contributed by atoms with E-state index in [4.69, 9.17) is 0 Å². The van der Waals surface area contributed by atoms with Gasteiger partial charge in [-0.25, -0.2) is 0 Å². The van der Waals surface area contributed by atoms with Crippen molar-refractivity contribution in [2.75, 3.05) is 12.8 Å². The smallest absolute Gasteiger partial charge is 0.254 e. The quantitative estimate of drug-likeness (QED) is 0.787. The van der Waals surface area contributed by atoms with E-state index >= 15 is 0 Å². The summed E-state index contributed by atoms with van der Waals surface area (Å²) in [7, 11) is 0. The Balaban J connectivity index is 1.73. The van der Waals surface area contributed by atoms with Gasteiger partial charge in [0.15, 0.2) is 0 Å². The summed E-state index contributed by atoms with van der Waals surface area (Å²) in [5.74, 6) is 0.172. The molecule has 114 valence electrons. The molecule has 1 aliphatic rings. The predicted molar refractivity (Wildman–Crippen MR) is 92.4 cm³/mol. The van der Waals surface area contributed by atoms with Crippen LogP contribution in [-0.2, 0) is 6.42 Å². The average molecular weight is 311 g/mol. The van der Waals surface area contributed by atoms with Crippen molar-refractivity contribution in [2.45, 2.75) is 30.2 Å². The van der Waals surface area contributed by atoms with Crippen molar-refractivity contribution >= 4 is 17.7 Å². The molecule has 0 bridgehead atoms. The van der Waals surface area contributed by atoms with Crippen LogP contribution in [0.4, 0.5) is 0 Å². The molecule has 0 saturated carbocycles. The van der Waals surface area contributed by atoms with Gasteiger partial charge >= 0.3 is 0 Å². The number of thioether (sulfide) groups is 1. The van der Waals surface area contributed by atoms with Gasteiger partial charge in [0.05, 0.1) is 0 Å². The minimum Gasteiger partial charge on any atom is -0.335 e. The number of likely N-dealkylation sites (tertiary alicyclic amines) is 1. The lowest BCUT2D eigenvalue weighted by Gasteiger charge is -2.25. The molecule has 0 radical (unpaired) electrons. The van der Waals surface area contributed by atoms with Gasteiger partial charge in [0.1, 0.15) is 0 Å². The Bertz CT molecular complexity index is 624. The number of nitrogens with zero attached hydrogens (tertiary/aromatic N) is 1. The van der Waals surface area contributed by atoms with Gasteiger partial charge in [0.2, 0.25) is 0 Å². The third-order valence-corrected chi connectivity index (χ3v) is 5.03. The maximum absolute atomic E-state index is 12.8. The normalized spacial score (nSPS) is 17.7. The molecule has 3 rings (SSSR count). The van der Waals surface area contributed by atoms with E-state index in [1.54, 1.807) is 11.8 Å². The molecule has 3 heteroatoms. The van der Waals surface area contributed by atoms with E-state index in [1.165, 1.54) is 10.5 Å². The minimum atomic E-state index is 0.172. The molecule has 2 aromatic carbocycles. The lowest BCUT2D eigenvalue weighted by Crippen LogP contribution is -2.36. The molecule has 1 amide bonds. The third-order valence-electron chi connectivity index (χ3n) is 4.29. The lowest BCUT2D eigenvalue weighted by molar-refractivity contribution is 0.0736. The Morgan fingerprint density at radius 2 is 1.86 bits per heavy atom. The maximum Gasteiger partial charge on any atom is 0.254 e. The zero-order valence-electron chi connectivity index (χ0n) is 12.9. The second-order valence-corrected chi connectivity index (χ2v) is 6.59. The van der Waals surface area contributed by atoms with E-state index in [9.17, 15) is 4.79 Å². The van der Waals surface area contributed by atoms with Crippen LogP contribution >= 0.6 is 11.8 Å². The highest BCUT2D eigenvalue weighted by atomic mass is 32.2. The van der Waals surface area contributed by atoms with Crippen molar-refractivity contribution in [3.05, 3.63) is 65.7 Å². The monoisotopic (exact) mass is 311 g/mol. The van der Waals surface area contributed by atoms with Gasteiger partial charge in [-0.1, -0.05) is 30.3 Å². The Hall–Kier alpha value is -1.74. The van der Waals surface area contributed by atoms with Crippen LogP contribution in [-0.4, -0.2) is 29.6 Å². The fourth-order valence-corrected chi connectivity index (χ4v) is 3.51. The van der Waals surface area contributed by atoms with Crippen molar-refractivity contribution in [1.82, 2.24) is 4.90 Å². The summed E-state index contributed by atoms with van der Waals surface area (Å²) in [4.78, 5) is 16.0. The van der Waals surface area contributed by atoms with Crippen molar-refractivity contribution < 1.29 is 4.79 Å². The number of hydrogen-bond acceptors (Lipinski definition) is 2. The summed E-state index contributed by atoms with van der Waals surface area (Å²) >= 11 is 1.70. The molecule has 1 saturated heterocycles. The van der Waals surface area contributed by atoms with Crippen LogP contribution in [0.2, 0.25) is 0 Å². The summed E-state index contributed by atoms with van der Waals surface area (Å²) in [6.45, 7) is 0.876. The number of carbonyl (C=O) groups excluding carboxylic acids is 1. The number of hydrogen-bond donors (Lipinski definition) is 0. The van der Waals surface area contributed by atoms with Crippen LogP contribution in [0.25, 0.3) is 0 Å². The van der Waals surface area contributed by atoms with Crippen LogP contribution in [0.3, 0.4) is 0 Å². The van der Waals surface area contributed by atoms with E-state index in [-0.39, 0.29) is 5.91 Å². The average Bonchev–Trinajstić information content (AvgIpc) is 3.03.